The van der Waals surface area contributed by atoms with E-state index in [4.69, 9.17) is 0 Å². The maximum atomic E-state index is 2.39. The molecule has 2 heteroatoms. The number of hydrogen-bond acceptors (Lipinski definition) is 0. The van der Waals surface area contributed by atoms with Crippen LogP contribution in [0.15, 0.2) is 0 Å². The summed E-state index contributed by atoms with van der Waals surface area (Å²) in [6, 6.07) is 0. The molecule has 0 saturated heterocycles. The molecule has 0 atom stereocenters. The van der Waals surface area contributed by atoms with E-state index in [1.807, 2.05) is 0 Å². The molecule has 39 heavy (non-hydrogen) atoms. The summed E-state index contributed by atoms with van der Waals surface area (Å²) < 4.78 is 0. The fraction of sp³-hybridized carbons (Fsp3) is 1.00. The molecule has 0 unspecified atom stereocenters. The molecule has 0 amide bonds. The quantitative estimate of drug-likeness (QED) is 0.0539. The first-order chi connectivity index (χ1) is 18.6. The summed E-state index contributed by atoms with van der Waals surface area (Å²) in [5.41, 5.74) is 0. The first-order valence-electron chi connectivity index (χ1n) is 18.6. The Morgan fingerprint density at radius 1 is 0.231 bits per heavy atom. The first kappa shape index (κ1) is 41.9. The summed E-state index contributed by atoms with van der Waals surface area (Å²) in [6.45, 7) is 10.3. The van der Waals surface area contributed by atoms with E-state index in [2.05, 4.69) is 34.6 Å². The van der Waals surface area contributed by atoms with Crippen LogP contribution in [-0.4, -0.2) is 30.8 Å². The van der Waals surface area contributed by atoms with Gasteiger partial charge in [-0.25, -0.2) is 0 Å². The van der Waals surface area contributed by atoms with Crippen LogP contribution in [0, 0.1) is 0 Å². The Morgan fingerprint density at radius 3 is 0.590 bits per heavy atom. The Balaban J connectivity index is 0. The zero-order valence-corrected chi connectivity index (χ0v) is 30.2. The average molecular weight is 591 g/mol. The molecule has 0 aromatic rings. The Kier molecular flexibility index (Phi) is 32.4. The van der Waals surface area contributed by atoms with Gasteiger partial charge in [-0.15, -0.1) is 12.4 Å². The maximum absolute atomic E-state index is 2.39. The Hall–Kier alpha value is 0.720. The van der Waals surface area contributed by atoms with Crippen LogP contribution < -0.4 is 0 Å². The van der Waals surface area contributed by atoms with Crippen LogP contribution in [0.3, 0.4) is 0 Å². The minimum atomic E-state index is -1.64. The molecule has 0 aliphatic rings. The third kappa shape index (κ3) is 22.9. The average Bonchev–Trinajstić information content (AvgIpc) is 2.93. The van der Waals surface area contributed by atoms with Gasteiger partial charge in [-0.3, -0.25) is 0 Å². The fourth-order valence-corrected chi connectivity index (χ4v) is 15.1. The molecule has 0 aliphatic heterocycles. The molecule has 0 nitrogen and oxygen atoms in total. The molecular formula is C37H80ClP. The Bertz CT molecular complexity index is 403. The van der Waals surface area contributed by atoms with Crippen molar-refractivity contribution in [3.05, 3.63) is 0 Å². The fourth-order valence-electron chi connectivity index (χ4n) is 7.28. The van der Waals surface area contributed by atoms with Crippen molar-refractivity contribution in [2.45, 2.75) is 208 Å². The van der Waals surface area contributed by atoms with Crippen LogP contribution in [0.25, 0.3) is 0 Å². The predicted octanol–water partition coefficient (Wildman–Crippen LogP) is 14.6. The smallest absolute Gasteiger partial charge is 0.147 e. The topological polar surface area (TPSA) is 0 Å². The number of hydrogen-bond donors (Lipinski definition) is 0. The molecule has 240 valence electrons. The van der Waals surface area contributed by atoms with Crippen molar-refractivity contribution in [3.63, 3.8) is 0 Å². The van der Waals surface area contributed by atoms with Crippen LogP contribution in [0.4, 0.5) is 0 Å². The molecule has 0 fully saturated rings. The Labute approximate surface area is 257 Å². The van der Waals surface area contributed by atoms with E-state index in [0.29, 0.717) is 0 Å². The normalized spacial score (nSPS) is 12.8. The molecule has 0 saturated carbocycles. The van der Waals surface area contributed by atoms with Crippen LogP contribution in [0.1, 0.15) is 208 Å². The van der Waals surface area contributed by atoms with Gasteiger partial charge in [-0.2, -0.15) is 0 Å². The van der Waals surface area contributed by atoms with Crippen molar-refractivity contribution in [1.29, 1.82) is 0 Å². The van der Waals surface area contributed by atoms with Crippen molar-refractivity contribution in [3.8, 4) is 0 Å². The standard InChI is InChI=1S/C37H79P.ClH/c1-6-11-16-21-22-23-24-25-26-27-32-37-38(33-28-17-12-7-2,34-29-18-13-8-3,35-30-19-14-9-4)36-31-20-15-10-5;/h6-37H2,1-5H3;1H. The van der Waals surface area contributed by atoms with Crippen molar-refractivity contribution in [2.24, 2.45) is 0 Å². The SMILES string of the molecule is CCCCCCCCCCCCCP(CCCCCC)(CCCCCC)(CCCCCC)CCCCCC.Cl. The summed E-state index contributed by atoms with van der Waals surface area (Å²) in [7, 11) is 0. The Morgan fingerprint density at radius 2 is 0.385 bits per heavy atom. The zero-order valence-electron chi connectivity index (χ0n) is 28.5. The summed E-state index contributed by atoms with van der Waals surface area (Å²) in [6.07, 6.45) is 48.4. The molecule has 0 aromatic carbocycles. The molecule has 0 bridgehead atoms. The first-order valence-corrected chi connectivity index (χ1v) is 21.8. The van der Waals surface area contributed by atoms with Crippen molar-refractivity contribution >= 4 is 19.0 Å². The molecule has 0 spiro atoms. The number of unbranched alkanes of at least 4 members (excludes halogenated alkanes) is 22. The predicted molar refractivity (Wildman–Crippen MR) is 192 cm³/mol. The second-order valence-electron chi connectivity index (χ2n) is 13.6. The summed E-state index contributed by atoms with van der Waals surface area (Å²) in [5, 5.41) is 0. The summed E-state index contributed by atoms with van der Waals surface area (Å²) in [5.74, 6) is 0. The minimum absolute atomic E-state index is 0. The van der Waals surface area contributed by atoms with Crippen molar-refractivity contribution in [2.75, 3.05) is 30.8 Å². The van der Waals surface area contributed by atoms with Gasteiger partial charge in [0.05, 0.1) is 0 Å². The van der Waals surface area contributed by atoms with Gasteiger partial charge in [0.15, 0.2) is 0 Å². The van der Waals surface area contributed by atoms with Crippen LogP contribution >= 0.6 is 19.0 Å². The van der Waals surface area contributed by atoms with E-state index in [1.54, 1.807) is 62.9 Å². The van der Waals surface area contributed by atoms with Crippen molar-refractivity contribution < 1.29 is 0 Å². The van der Waals surface area contributed by atoms with E-state index in [0.717, 1.165) is 0 Å². The van der Waals surface area contributed by atoms with Gasteiger partial charge in [-0.05, 0) is 0 Å². The monoisotopic (exact) mass is 591 g/mol. The minimum Gasteiger partial charge on any atom is -0.147 e. The third-order valence-corrected chi connectivity index (χ3v) is 17.9. The van der Waals surface area contributed by atoms with Crippen LogP contribution in [0.5, 0.6) is 0 Å². The van der Waals surface area contributed by atoms with Gasteiger partial charge in [0.1, 0.15) is 0 Å². The molecule has 0 heterocycles. The van der Waals surface area contributed by atoms with E-state index in [-0.39, 0.29) is 12.4 Å². The van der Waals surface area contributed by atoms with E-state index in [1.165, 1.54) is 141 Å². The third-order valence-electron chi connectivity index (χ3n) is 9.97. The van der Waals surface area contributed by atoms with E-state index < -0.39 is 6.60 Å². The van der Waals surface area contributed by atoms with E-state index in [9.17, 15) is 0 Å². The van der Waals surface area contributed by atoms with Gasteiger partial charge in [0.25, 0.3) is 0 Å². The van der Waals surface area contributed by atoms with Crippen LogP contribution in [0.2, 0.25) is 0 Å². The summed E-state index contributed by atoms with van der Waals surface area (Å²) >= 11 is 0. The zero-order chi connectivity index (χ0) is 28.1. The molecule has 0 rings (SSSR count). The van der Waals surface area contributed by atoms with Crippen molar-refractivity contribution in [1.82, 2.24) is 0 Å². The second kappa shape index (κ2) is 30.2. The van der Waals surface area contributed by atoms with E-state index >= 15 is 0 Å². The number of rotatable bonds is 32. The molecule has 0 aliphatic carbocycles. The molecule has 0 aromatic heterocycles. The van der Waals surface area contributed by atoms with Gasteiger partial charge in [0, 0.05) is 0 Å². The second-order valence-corrected chi connectivity index (χ2v) is 20.3. The molecular weight excluding hydrogens is 511 g/mol. The van der Waals surface area contributed by atoms with Gasteiger partial charge in [-0.1, -0.05) is 6.92 Å². The van der Waals surface area contributed by atoms with Gasteiger partial charge in [0.2, 0.25) is 0 Å². The van der Waals surface area contributed by atoms with Gasteiger partial charge >= 0.3 is 238 Å². The summed E-state index contributed by atoms with van der Waals surface area (Å²) in [4.78, 5) is 0. The maximum Gasteiger partial charge on any atom is -0.147 e. The largest absolute Gasteiger partial charge is 0.147 e. The number of halogens is 1. The molecule has 0 N–H and O–H groups in total. The van der Waals surface area contributed by atoms with Crippen LogP contribution in [-0.2, 0) is 0 Å². The molecule has 0 radical (unpaired) electrons. The van der Waals surface area contributed by atoms with Gasteiger partial charge < -0.3 is 0 Å².